The Balaban J connectivity index is 0.000000189. The molecule has 0 bridgehead atoms. The molecule has 0 saturated heterocycles. The van der Waals surface area contributed by atoms with E-state index in [4.69, 9.17) is 9.47 Å². The van der Waals surface area contributed by atoms with E-state index < -0.39 is 6.10 Å². The van der Waals surface area contributed by atoms with Crippen LogP contribution in [0.2, 0.25) is 0 Å². The van der Waals surface area contributed by atoms with E-state index in [1.807, 2.05) is 36.4 Å². The molecule has 0 saturated carbocycles. The smallest absolute Gasteiger partial charge is 0.194 e. The number of benzene rings is 2. The molecule has 1 spiro atoms. The Morgan fingerprint density at radius 1 is 1.21 bits per heavy atom. The van der Waals surface area contributed by atoms with Crippen LogP contribution in [0.5, 0.6) is 11.5 Å². The molecule has 3 aromatic carbocycles. The van der Waals surface area contributed by atoms with Crippen LogP contribution in [0.1, 0.15) is 24.0 Å². The normalized spacial score (nSPS) is 27.6. The van der Waals surface area contributed by atoms with Crippen molar-refractivity contribution in [1.82, 2.24) is 4.90 Å². The molecule has 150 valence electrons. The Morgan fingerprint density at radius 3 is 2.66 bits per heavy atom. The van der Waals surface area contributed by atoms with E-state index in [0.29, 0.717) is 6.42 Å². The Morgan fingerprint density at radius 2 is 1.97 bits per heavy atom. The van der Waals surface area contributed by atoms with Gasteiger partial charge in [-0.05, 0) is 31.6 Å². The maximum Gasteiger partial charge on any atom is 0.194 e. The molecule has 0 aromatic heterocycles. The molecule has 0 amide bonds. The minimum atomic E-state index is -0.412. The highest BCUT2D eigenvalue weighted by Gasteiger charge is 2.52. The van der Waals surface area contributed by atoms with Crippen LogP contribution < -0.4 is 14.9 Å². The fourth-order valence-corrected chi connectivity index (χ4v) is 4.91. The lowest BCUT2D eigenvalue weighted by molar-refractivity contribution is 0.0821. The lowest BCUT2D eigenvalue weighted by Crippen LogP contribution is -2.42. The summed E-state index contributed by atoms with van der Waals surface area (Å²) in [6.45, 7) is 1.96. The summed E-state index contributed by atoms with van der Waals surface area (Å²) in [5.41, 5.74) is 2.70. The first-order valence-electron chi connectivity index (χ1n) is 10.1. The molecule has 3 aromatic rings. The Hall–Kier alpha value is -2.63. The number of aliphatic hydroxyl groups excluding tert-OH is 1. The van der Waals surface area contributed by atoms with Crippen LogP contribution in [0.15, 0.2) is 53.3 Å². The summed E-state index contributed by atoms with van der Waals surface area (Å²) >= 11 is 0. The molecule has 1 N–H and O–H groups in total. The van der Waals surface area contributed by atoms with Crippen molar-refractivity contribution in [2.24, 2.45) is 0 Å². The zero-order valence-electron chi connectivity index (χ0n) is 16.7. The predicted molar refractivity (Wildman–Crippen MR) is 112 cm³/mol. The molecule has 0 fully saturated rings. The third-order valence-corrected chi connectivity index (χ3v) is 6.50. The van der Waals surface area contributed by atoms with Crippen LogP contribution in [0.3, 0.4) is 0 Å². The largest absolute Gasteiger partial charge is 0.493 e. The van der Waals surface area contributed by atoms with Gasteiger partial charge in [-0.25, -0.2) is 0 Å². The number of methoxy groups -OCH3 is 1. The lowest BCUT2D eigenvalue weighted by Gasteiger charge is -2.35. The minimum absolute atomic E-state index is 0.00838. The fourth-order valence-electron chi connectivity index (χ4n) is 4.91. The highest BCUT2D eigenvalue weighted by Crippen LogP contribution is 2.55. The van der Waals surface area contributed by atoms with Crippen LogP contribution in [0, 0.1) is 0 Å². The lowest BCUT2D eigenvalue weighted by atomic mass is 9.69. The second-order valence-electron chi connectivity index (χ2n) is 8.30. The summed E-state index contributed by atoms with van der Waals surface area (Å²) in [5, 5.41) is 11.8. The van der Waals surface area contributed by atoms with E-state index in [0.717, 1.165) is 41.8 Å². The number of hydrogen-bond acceptors (Lipinski definition) is 5. The average molecular weight is 391 g/mol. The molecule has 2 heterocycles. The van der Waals surface area contributed by atoms with Crippen molar-refractivity contribution in [3.8, 4) is 11.5 Å². The van der Waals surface area contributed by atoms with Gasteiger partial charge in [-0.15, -0.1) is 0 Å². The molecular formula is C24H25NO4. The molecule has 0 radical (unpaired) electrons. The van der Waals surface area contributed by atoms with Crippen molar-refractivity contribution < 1.29 is 14.6 Å². The molecule has 2 aliphatic heterocycles. The van der Waals surface area contributed by atoms with Crippen molar-refractivity contribution in [1.29, 1.82) is 0 Å². The van der Waals surface area contributed by atoms with E-state index in [2.05, 4.69) is 24.1 Å². The highest BCUT2D eigenvalue weighted by molar-refractivity contribution is 5.97. The van der Waals surface area contributed by atoms with Crippen LogP contribution in [0.25, 0.3) is 10.8 Å². The van der Waals surface area contributed by atoms with Crippen LogP contribution in [-0.4, -0.2) is 42.9 Å². The monoisotopic (exact) mass is 391 g/mol. The van der Waals surface area contributed by atoms with Gasteiger partial charge in [0.25, 0.3) is 0 Å². The zero-order chi connectivity index (χ0) is 20.2. The third-order valence-electron chi connectivity index (χ3n) is 6.50. The standard InChI is InChI=1S/C17H21NO3.C7H4O/c1-18-8-7-17-6-5-12(19)9-14(17)21-16-13(20-2)4-3-11(10-18)15(16)17;8-7-5-3-1-2-4-6(5)7/h3-6,12,14,19H,7-10H2,1-2H3;1-4H/t12-,14-,17-;/m0./s1. The summed E-state index contributed by atoms with van der Waals surface area (Å²) in [7, 11) is 3.84. The average Bonchev–Trinajstić information content (AvgIpc) is 3.30. The minimum Gasteiger partial charge on any atom is -0.493 e. The van der Waals surface area contributed by atoms with E-state index in [1.54, 1.807) is 7.11 Å². The topological polar surface area (TPSA) is 59.0 Å². The fraction of sp³-hybridized carbons (Fsp3) is 0.375. The van der Waals surface area contributed by atoms with Gasteiger partial charge >= 0.3 is 0 Å². The second kappa shape index (κ2) is 6.71. The summed E-state index contributed by atoms with van der Waals surface area (Å²) in [6.07, 6.45) is 5.38. The molecule has 29 heavy (non-hydrogen) atoms. The second-order valence-corrected chi connectivity index (χ2v) is 8.30. The van der Waals surface area contributed by atoms with E-state index >= 15 is 0 Å². The van der Waals surface area contributed by atoms with Gasteiger partial charge in [-0.1, -0.05) is 42.5 Å². The zero-order valence-corrected chi connectivity index (χ0v) is 16.7. The number of hydrogen-bond donors (Lipinski definition) is 1. The molecule has 1 aliphatic carbocycles. The Labute approximate surface area is 169 Å². The number of aliphatic hydroxyl groups is 1. The van der Waals surface area contributed by atoms with Crippen molar-refractivity contribution >= 4 is 10.8 Å². The van der Waals surface area contributed by atoms with Gasteiger partial charge in [0, 0.05) is 29.3 Å². The Kier molecular flexibility index (Phi) is 4.26. The quantitative estimate of drug-likeness (QED) is 0.647. The summed E-state index contributed by atoms with van der Waals surface area (Å²) in [5.74, 6) is 1.68. The third kappa shape index (κ3) is 2.88. The molecule has 3 atom stereocenters. The maximum atomic E-state index is 10.5. The van der Waals surface area contributed by atoms with Gasteiger partial charge in [0.2, 0.25) is 0 Å². The van der Waals surface area contributed by atoms with Gasteiger partial charge in [0.15, 0.2) is 16.9 Å². The van der Waals surface area contributed by atoms with Crippen LogP contribution >= 0.6 is 0 Å². The summed E-state index contributed by atoms with van der Waals surface area (Å²) < 4.78 is 11.8. The first-order valence-corrected chi connectivity index (χ1v) is 10.1. The first kappa shape index (κ1) is 18.4. The Bertz CT molecular complexity index is 1080. The molecule has 6 rings (SSSR count). The van der Waals surface area contributed by atoms with Gasteiger partial charge in [0.05, 0.1) is 18.6 Å². The molecule has 5 nitrogen and oxygen atoms in total. The molecule has 0 unspecified atom stereocenters. The van der Waals surface area contributed by atoms with Crippen LogP contribution in [0.4, 0.5) is 0 Å². The van der Waals surface area contributed by atoms with Gasteiger partial charge in [0.1, 0.15) is 6.10 Å². The number of nitrogens with zero attached hydrogens (tertiary/aromatic N) is 1. The van der Waals surface area contributed by atoms with E-state index in [9.17, 15) is 9.90 Å². The number of ether oxygens (including phenoxy) is 2. The first-order chi connectivity index (χ1) is 14.0. The SMILES string of the molecule is COc1ccc2c3c1O[C@H]1C[C@@H](O)C=C[C@@]31CCN(C)C2.O=c1c2ccccc12. The van der Waals surface area contributed by atoms with Gasteiger partial charge in [-0.3, -0.25) is 4.79 Å². The molecular weight excluding hydrogens is 366 g/mol. The molecule has 5 heteroatoms. The summed E-state index contributed by atoms with van der Waals surface area (Å²) in [4.78, 5) is 12.9. The maximum absolute atomic E-state index is 10.5. The van der Waals surface area contributed by atoms with Crippen molar-refractivity contribution in [2.45, 2.75) is 37.0 Å². The van der Waals surface area contributed by atoms with Gasteiger partial charge in [-0.2, -0.15) is 0 Å². The van der Waals surface area contributed by atoms with Crippen molar-refractivity contribution in [3.63, 3.8) is 0 Å². The predicted octanol–water partition coefficient (Wildman–Crippen LogP) is 2.93. The number of fused-ring (bicyclic) bond motifs is 1. The summed E-state index contributed by atoms with van der Waals surface area (Å²) in [6, 6.07) is 11.6. The highest BCUT2D eigenvalue weighted by atomic mass is 16.5. The molecule has 3 aliphatic rings. The van der Waals surface area contributed by atoms with Crippen molar-refractivity contribution in [3.05, 3.63) is 69.9 Å². The van der Waals surface area contributed by atoms with E-state index in [1.165, 1.54) is 11.1 Å². The van der Waals surface area contributed by atoms with E-state index in [-0.39, 0.29) is 16.9 Å². The van der Waals surface area contributed by atoms with Crippen LogP contribution in [-0.2, 0) is 12.0 Å². The number of rotatable bonds is 1. The van der Waals surface area contributed by atoms with Gasteiger partial charge < -0.3 is 19.5 Å². The van der Waals surface area contributed by atoms with Crippen molar-refractivity contribution in [2.75, 3.05) is 20.7 Å².